The summed E-state index contributed by atoms with van der Waals surface area (Å²) in [4.78, 5) is 37.9. The lowest BCUT2D eigenvalue weighted by atomic mass is 9.76. The lowest BCUT2D eigenvalue weighted by Gasteiger charge is -2.27. The van der Waals surface area contributed by atoms with Gasteiger partial charge in [-0.2, -0.15) is 0 Å². The summed E-state index contributed by atoms with van der Waals surface area (Å²) in [5.74, 6) is -1.66. The number of rotatable bonds is 5. The predicted molar refractivity (Wildman–Crippen MR) is 104 cm³/mol. The fourth-order valence-corrected chi connectivity index (χ4v) is 4.79. The third kappa shape index (κ3) is 2.99. The molecule has 0 saturated carbocycles. The normalized spacial score (nSPS) is 28.8. The molecule has 7 nitrogen and oxygen atoms in total. The molecule has 0 N–H and O–H groups in total. The lowest BCUT2D eigenvalue weighted by Crippen LogP contribution is -2.44. The molecular formula is C22H21FN4O3. The number of amides is 2. The zero-order chi connectivity index (χ0) is 20.9. The maximum atomic E-state index is 13.3. The second-order valence-corrected chi connectivity index (χ2v) is 8.12. The molecule has 2 fully saturated rings. The Morgan fingerprint density at radius 1 is 1.33 bits per heavy atom. The van der Waals surface area contributed by atoms with E-state index in [1.165, 1.54) is 18.5 Å². The van der Waals surface area contributed by atoms with Gasteiger partial charge in [0.2, 0.25) is 11.8 Å². The summed E-state index contributed by atoms with van der Waals surface area (Å²) in [6.45, 7) is 1.08. The molecular weight excluding hydrogens is 387 g/mol. The zero-order valence-corrected chi connectivity index (χ0v) is 16.4. The fraction of sp³-hybridized carbons (Fsp3) is 0.364. The molecule has 154 valence electrons. The van der Waals surface area contributed by atoms with Crippen molar-refractivity contribution in [2.45, 2.75) is 24.8 Å². The van der Waals surface area contributed by atoms with E-state index in [9.17, 15) is 14.0 Å². The molecule has 4 atom stereocenters. The Morgan fingerprint density at radius 2 is 2.13 bits per heavy atom. The number of carbonyl (C=O) groups is 2. The van der Waals surface area contributed by atoms with Gasteiger partial charge in [-0.15, -0.1) is 0 Å². The van der Waals surface area contributed by atoms with E-state index in [0.29, 0.717) is 19.6 Å². The molecule has 3 aliphatic heterocycles. The summed E-state index contributed by atoms with van der Waals surface area (Å²) < 4.78 is 19.4. The minimum Gasteiger partial charge on any atom is -0.360 e. The van der Waals surface area contributed by atoms with Crippen molar-refractivity contribution < 1.29 is 18.7 Å². The third-order valence-electron chi connectivity index (χ3n) is 6.17. The first-order valence-corrected chi connectivity index (χ1v) is 9.87. The quantitative estimate of drug-likeness (QED) is 0.702. The van der Waals surface area contributed by atoms with Crippen molar-refractivity contribution in [1.82, 2.24) is 19.8 Å². The van der Waals surface area contributed by atoms with Crippen molar-refractivity contribution in [3.63, 3.8) is 0 Å². The molecule has 2 amide bonds. The minimum atomic E-state index is -0.766. The van der Waals surface area contributed by atoms with Gasteiger partial charge in [0, 0.05) is 19.8 Å². The third-order valence-corrected chi connectivity index (χ3v) is 6.17. The molecule has 0 aliphatic carbocycles. The maximum Gasteiger partial charge on any atom is 0.230 e. The van der Waals surface area contributed by atoms with Gasteiger partial charge in [-0.25, -0.2) is 14.4 Å². The van der Waals surface area contributed by atoms with Crippen LogP contribution in [0.4, 0.5) is 4.39 Å². The summed E-state index contributed by atoms with van der Waals surface area (Å²) in [6, 6.07) is 7.85. The number of benzene rings is 1. The summed E-state index contributed by atoms with van der Waals surface area (Å²) in [5, 5.41) is 0. The molecule has 2 aromatic rings. The lowest BCUT2D eigenvalue weighted by molar-refractivity contribution is -0.142. The Hall–Kier alpha value is -3.13. The molecule has 30 heavy (non-hydrogen) atoms. The number of carbonyl (C=O) groups excluding carboxylic acids is 2. The van der Waals surface area contributed by atoms with Crippen molar-refractivity contribution in [1.29, 1.82) is 0 Å². The molecule has 0 unspecified atom stereocenters. The van der Waals surface area contributed by atoms with Crippen LogP contribution in [0.15, 0.2) is 55.0 Å². The average Bonchev–Trinajstić information content (AvgIpc) is 3.38. The van der Waals surface area contributed by atoms with E-state index < -0.39 is 23.5 Å². The van der Waals surface area contributed by atoms with Crippen LogP contribution >= 0.6 is 0 Å². The number of aromatic nitrogens is 2. The van der Waals surface area contributed by atoms with Crippen molar-refractivity contribution in [3.8, 4) is 0 Å². The summed E-state index contributed by atoms with van der Waals surface area (Å²) in [5.41, 5.74) is 0.798. The van der Waals surface area contributed by atoms with E-state index in [2.05, 4.69) is 9.97 Å². The van der Waals surface area contributed by atoms with Gasteiger partial charge >= 0.3 is 0 Å². The van der Waals surface area contributed by atoms with Gasteiger partial charge in [0.15, 0.2) is 0 Å². The average molecular weight is 408 g/mol. The van der Waals surface area contributed by atoms with Gasteiger partial charge in [0.1, 0.15) is 17.7 Å². The van der Waals surface area contributed by atoms with Crippen LogP contribution in [0.25, 0.3) is 0 Å². The van der Waals surface area contributed by atoms with Crippen LogP contribution < -0.4 is 0 Å². The summed E-state index contributed by atoms with van der Waals surface area (Å²) >= 11 is 0. The Balaban J connectivity index is 1.35. The van der Waals surface area contributed by atoms with Gasteiger partial charge in [-0.1, -0.05) is 24.3 Å². The van der Waals surface area contributed by atoms with E-state index in [-0.39, 0.29) is 17.6 Å². The van der Waals surface area contributed by atoms with Gasteiger partial charge in [-0.3, -0.25) is 9.59 Å². The predicted octanol–water partition coefficient (Wildman–Crippen LogP) is 1.56. The Labute approximate surface area is 173 Å². The molecule has 2 saturated heterocycles. The Morgan fingerprint density at radius 3 is 2.87 bits per heavy atom. The van der Waals surface area contributed by atoms with E-state index in [1.807, 2.05) is 12.2 Å². The summed E-state index contributed by atoms with van der Waals surface area (Å²) in [7, 11) is 1.71. The van der Waals surface area contributed by atoms with Gasteiger partial charge in [-0.05, 0) is 23.8 Å². The van der Waals surface area contributed by atoms with Crippen molar-refractivity contribution >= 4 is 11.8 Å². The molecule has 8 heteroatoms. The van der Waals surface area contributed by atoms with Crippen LogP contribution in [0.1, 0.15) is 11.3 Å². The number of halogens is 1. The van der Waals surface area contributed by atoms with Crippen LogP contribution in [-0.2, 0) is 27.4 Å². The molecule has 1 aromatic heterocycles. The number of hydrogen-bond donors (Lipinski definition) is 0. The smallest absolute Gasteiger partial charge is 0.230 e. The highest BCUT2D eigenvalue weighted by Crippen LogP contribution is 2.52. The van der Waals surface area contributed by atoms with Crippen LogP contribution in [0.3, 0.4) is 0 Å². The van der Waals surface area contributed by atoms with E-state index >= 15 is 0 Å². The first-order valence-electron chi connectivity index (χ1n) is 9.87. The Bertz CT molecular complexity index is 1010. The van der Waals surface area contributed by atoms with Crippen molar-refractivity contribution in [2.75, 3.05) is 13.6 Å². The van der Waals surface area contributed by atoms with Crippen LogP contribution in [-0.4, -0.2) is 56.9 Å². The molecule has 1 aromatic carbocycles. The highest BCUT2D eigenvalue weighted by Gasteiger charge is 2.67. The number of ether oxygens (including phenoxy) is 1. The minimum absolute atomic E-state index is 0.0973. The van der Waals surface area contributed by atoms with E-state index in [4.69, 9.17) is 4.74 Å². The summed E-state index contributed by atoms with van der Waals surface area (Å²) in [6.07, 6.45) is 6.50. The number of fused-ring (bicyclic) bond motifs is 1. The SMILES string of the molecule is CN(Cc1ccncn1)C(=O)[C@H]1[C@@H]2C=C[C@@]3(CN(Cc4ccc(F)cc4)C(=O)[C@@H]13)O2. The second kappa shape index (κ2) is 6.98. The van der Waals surface area contributed by atoms with Gasteiger partial charge in [0.25, 0.3) is 0 Å². The van der Waals surface area contributed by atoms with Crippen LogP contribution in [0.2, 0.25) is 0 Å². The van der Waals surface area contributed by atoms with Gasteiger partial charge in [0.05, 0.1) is 36.7 Å². The molecule has 5 rings (SSSR count). The number of hydrogen-bond acceptors (Lipinski definition) is 5. The van der Waals surface area contributed by atoms with Crippen LogP contribution in [0, 0.1) is 17.7 Å². The maximum absolute atomic E-state index is 13.3. The van der Waals surface area contributed by atoms with Crippen molar-refractivity contribution in [2.24, 2.45) is 11.8 Å². The van der Waals surface area contributed by atoms with Gasteiger partial charge < -0.3 is 14.5 Å². The Kier molecular flexibility index (Phi) is 4.39. The van der Waals surface area contributed by atoms with E-state index in [0.717, 1.165) is 11.3 Å². The highest BCUT2D eigenvalue weighted by atomic mass is 19.1. The molecule has 3 aliphatic rings. The molecule has 1 spiro atoms. The second-order valence-electron chi connectivity index (χ2n) is 8.12. The topological polar surface area (TPSA) is 75.6 Å². The monoisotopic (exact) mass is 408 g/mol. The van der Waals surface area contributed by atoms with E-state index in [1.54, 1.807) is 41.2 Å². The molecule has 4 heterocycles. The molecule has 2 bridgehead atoms. The first-order chi connectivity index (χ1) is 14.5. The largest absolute Gasteiger partial charge is 0.360 e. The standard InChI is InChI=1S/C22H21FN4O3/c1-26(11-16-7-9-24-13-25-16)20(28)18-17-6-8-22(30-17)12-27(21(29)19(18)22)10-14-2-4-15(23)5-3-14/h2-9,13,17-19H,10-12H2,1H3/t17-,18-,19+,22-/m0/s1. The number of nitrogens with zero attached hydrogens (tertiary/aromatic N) is 4. The zero-order valence-electron chi connectivity index (χ0n) is 16.4. The fourth-order valence-electron chi connectivity index (χ4n) is 4.79. The first kappa shape index (κ1) is 18.9. The number of likely N-dealkylation sites (tertiary alicyclic amines) is 1. The highest BCUT2D eigenvalue weighted by molar-refractivity contribution is 5.93. The van der Waals surface area contributed by atoms with Crippen molar-refractivity contribution in [3.05, 3.63) is 72.1 Å². The molecule has 0 radical (unpaired) electrons. The van der Waals surface area contributed by atoms with Crippen LogP contribution in [0.5, 0.6) is 0 Å².